The van der Waals surface area contributed by atoms with Crippen LogP contribution in [0.15, 0.2) is 47.4 Å². The highest BCUT2D eigenvalue weighted by Crippen LogP contribution is 2.27. The summed E-state index contributed by atoms with van der Waals surface area (Å²) in [5.74, 6) is -1.49. The van der Waals surface area contributed by atoms with E-state index in [1.54, 1.807) is 13.8 Å². The van der Waals surface area contributed by atoms with Crippen LogP contribution < -0.4 is 14.8 Å². The van der Waals surface area contributed by atoms with Crippen molar-refractivity contribution in [2.45, 2.75) is 38.1 Å². The molecule has 0 aliphatic rings. The lowest BCUT2D eigenvalue weighted by Crippen LogP contribution is -2.31. The highest BCUT2D eigenvalue weighted by Gasteiger charge is 2.31. The highest BCUT2D eigenvalue weighted by atomic mass is 32.2. The van der Waals surface area contributed by atoms with Crippen molar-refractivity contribution in [2.24, 2.45) is 5.92 Å². The first kappa shape index (κ1) is 23.5. The molecule has 0 aliphatic carbocycles. The van der Waals surface area contributed by atoms with Crippen LogP contribution in [0.25, 0.3) is 0 Å². The molecular weight excluding hydrogens is 425 g/mol. The van der Waals surface area contributed by atoms with Crippen molar-refractivity contribution in [1.29, 1.82) is 0 Å². The average molecular weight is 446 g/mol. The molecule has 3 N–H and O–H groups in total. The molecular formula is C19H21F3N2O5S. The summed E-state index contributed by atoms with van der Waals surface area (Å²) in [6.07, 6.45) is -6.13. The molecule has 0 spiro atoms. The van der Waals surface area contributed by atoms with Gasteiger partial charge in [-0.3, -0.25) is 9.52 Å². The molecule has 0 radical (unpaired) electrons. The van der Waals surface area contributed by atoms with Gasteiger partial charge in [0.05, 0.1) is 10.6 Å². The second-order valence-corrected chi connectivity index (χ2v) is 8.49. The van der Waals surface area contributed by atoms with Crippen molar-refractivity contribution in [3.05, 3.63) is 48.0 Å². The predicted octanol–water partition coefficient (Wildman–Crippen LogP) is 3.65. The number of carbonyl (C=O) groups is 1. The maximum atomic E-state index is 12.6. The standard InChI is InChI=1S/C19H21F3N2O5S/c1-11(2)17(25)18(26)23-13-7-8-16(12(3)9-13)30(27,28)24-14-5-4-6-15(10-14)29-19(20,21)22/h4-11,17,24-25H,1-3H3,(H,23,26)/t17-/m0/s1. The number of halogens is 3. The van der Waals surface area contributed by atoms with Gasteiger partial charge in [0, 0.05) is 11.8 Å². The van der Waals surface area contributed by atoms with Gasteiger partial charge < -0.3 is 15.2 Å². The molecule has 11 heteroatoms. The van der Waals surface area contributed by atoms with E-state index < -0.39 is 34.1 Å². The summed E-state index contributed by atoms with van der Waals surface area (Å²) >= 11 is 0. The number of alkyl halides is 3. The Kier molecular flexibility index (Phi) is 6.99. The number of carbonyl (C=O) groups excluding carboxylic acids is 1. The van der Waals surface area contributed by atoms with Crippen LogP contribution in [0.4, 0.5) is 24.5 Å². The number of rotatable bonds is 7. The van der Waals surface area contributed by atoms with Crippen molar-refractivity contribution in [3.63, 3.8) is 0 Å². The summed E-state index contributed by atoms with van der Waals surface area (Å²) in [6, 6.07) is 8.42. The summed E-state index contributed by atoms with van der Waals surface area (Å²) in [4.78, 5) is 11.8. The Morgan fingerprint density at radius 3 is 2.33 bits per heavy atom. The second-order valence-electron chi connectivity index (χ2n) is 6.84. The van der Waals surface area contributed by atoms with Gasteiger partial charge in [-0.2, -0.15) is 0 Å². The van der Waals surface area contributed by atoms with Gasteiger partial charge in [0.15, 0.2) is 0 Å². The first-order valence-electron chi connectivity index (χ1n) is 8.77. The lowest BCUT2D eigenvalue weighted by atomic mass is 10.1. The molecule has 1 atom stereocenters. The van der Waals surface area contributed by atoms with Gasteiger partial charge in [-0.1, -0.05) is 19.9 Å². The molecule has 0 fully saturated rings. The van der Waals surface area contributed by atoms with E-state index in [-0.39, 0.29) is 27.8 Å². The Labute approximate surface area is 171 Å². The van der Waals surface area contributed by atoms with E-state index in [9.17, 15) is 31.5 Å². The van der Waals surface area contributed by atoms with Crippen molar-refractivity contribution < 1.29 is 36.2 Å². The monoisotopic (exact) mass is 446 g/mol. The Morgan fingerprint density at radius 1 is 1.10 bits per heavy atom. The van der Waals surface area contributed by atoms with Gasteiger partial charge in [0.2, 0.25) is 0 Å². The fraction of sp³-hybridized carbons (Fsp3) is 0.316. The van der Waals surface area contributed by atoms with E-state index in [0.29, 0.717) is 0 Å². The average Bonchev–Trinajstić information content (AvgIpc) is 2.59. The van der Waals surface area contributed by atoms with E-state index in [4.69, 9.17) is 0 Å². The topological polar surface area (TPSA) is 105 Å². The summed E-state index contributed by atoms with van der Waals surface area (Å²) in [6.45, 7) is 4.84. The third-order valence-corrected chi connectivity index (χ3v) is 5.49. The third kappa shape index (κ3) is 6.36. The number of ether oxygens (including phenoxy) is 1. The van der Waals surface area contributed by atoms with Crippen LogP contribution in [-0.4, -0.2) is 31.9 Å². The van der Waals surface area contributed by atoms with Crippen LogP contribution in [0.1, 0.15) is 19.4 Å². The SMILES string of the molecule is Cc1cc(NC(=O)[C@@H](O)C(C)C)ccc1S(=O)(=O)Nc1cccc(OC(F)(F)F)c1. The van der Waals surface area contributed by atoms with Crippen LogP contribution in [0.3, 0.4) is 0 Å². The van der Waals surface area contributed by atoms with Crippen LogP contribution in [-0.2, 0) is 14.8 Å². The van der Waals surface area contributed by atoms with E-state index in [1.165, 1.54) is 37.3 Å². The minimum absolute atomic E-state index is 0.117. The minimum atomic E-state index is -4.91. The van der Waals surface area contributed by atoms with E-state index in [2.05, 4.69) is 14.8 Å². The second kappa shape index (κ2) is 8.92. The first-order valence-corrected chi connectivity index (χ1v) is 10.2. The minimum Gasteiger partial charge on any atom is -0.406 e. The quantitative estimate of drug-likeness (QED) is 0.602. The molecule has 2 aromatic carbocycles. The number of aliphatic hydroxyl groups is 1. The molecule has 164 valence electrons. The van der Waals surface area contributed by atoms with Crippen LogP contribution in [0.5, 0.6) is 5.75 Å². The zero-order valence-electron chi connectivity index (χ0n) is 16.3. The van der Waals surface area contributed by atoms with Gasteiger partial charge in [-0.05, 0) is 48.7 Å². The molecule has 2 aromatic rings. The number of aliphatic hydroxyl groups excluding tert-OH is 1. The molecule has 30 heavy (non-hydrogen) atoms. The molecule has 0 aliphatic heterocycles. The van der Waals surface area contributed by atoms with Crippen LogP contribution >= 0.6 is 0 Å². The number of hydrogen-bond acceptors (Lipinski definition) is 5. The first-order chi connectivity index (χ1) is 13.8. The number of hydrogen-bond donors (Lipinski definition) is 3. The molecule has 0 saturated heterocycles. The zero-order chi connectivity index (χ0) is 22.7. The van der Waals surface area contributed by atoms with Gasteiger partial charge in [-0.15, -0.1) is 13.2 Å². The predicted molar refractivity (Wildman–Crippen MR) is 105 cm³/mol. The molecule has 7 nitrogen and oxygen atoms in total. The summed E-state index contributed by atoms with van der Waals surface area (Å²) in [7, 11) is -4.13. The Morgan fingerprint density at radius 2 is 1.77 bits per heavy atom. The van der Waals surface area contributed by atoms with Gasteiger partial charge in [0.1, 0.15) is 11.9 Å². The molecule has 0 saturated carbocycles. The van der Waals surface area contributed by atoms with E-state index in [1.807, 2.05) is 0 Å². The molecule has 0 unspecified atom stereocenters. The summed E-state index contributed by atoms with van der Waals surface area (Å²) in [5.41, 5.74) is 0.451. The fourth-order valence-corrected chi connectivity index (χ4v) is 3.79. The maximum absolute atomic E-state index is 12.6. The lowest BCUT2D eigenvalue weighted by molar-refractivity contribution is -0.274. The Bertz CT molecular complexity index is 1020. The van der Waals surface area contributed by atoms with Gasteiger partial charge >= 0.3 is 6.36 Å². The summed E-state index contributed by atoms with van der Waals surface area (Å²) < 4.78 is 68.3. The third-order valence-electron chi connectivity index (χ3n) is 3.95. The van der Waals surface area contributed by atoms with Crippen molar-refractivity contribution in [1.82, 2.24) is 0 Å². The maximum Gasteiger partial charge on any atom is 0.573 e. The number of benzene rings is 2. The van der Waals surface area contributed by atoms with Crippen LogP contribution in [0, 0.1) is 12.8 Å². The fourth-order valence-electron chi connectivity index (χ4n) is 2.51. The Balaban J connectivity index is 2.21. The number of anilines is 2. The molecule has 1 amide bonds. The van der Waals surface area contributed by atoms with Crippen molar-refractivity contribution in [2.75, 3.05) is 10.0 Å². The zero-order valence-corrected chi connectivity index (χ0v) is 17.1. The number of aryl methyl sites for hydroxylation is 1. The molecule has 0 bridgehead atoms. The van der Waals surface area contributed by atoms with Gasteiger partial charge in [-0.25, -0.2) is 8.42 Å². The normalized spacial score (nSPS) is 13.1. The van der Waals surface area contributed by atoms with E-state index in [0.717, 1.165) is 12.1 Å². The van der Waals surface area contributed by atoms with Crippen molar-refractivity contribution >= 4 is 27.3 Å². The number of sulfonamides is 1. The van der Waals surface area contributed by atoms with E-state index >= 15 is 0 Å². The van der Waals surface area contributed by atoms with Gasteiger partial charge in [0.25, 0.3) is 15.9 Å². The smallest absolute Gasteiger partial charge is 0.406 e. The Hall–Kier alpha value is -2.79. The van der Waals surface area contributed by atoms with Crippen molar-refractivity contribution in [3.8, 4) is 5.75 Å². The largest absolute Gasteiger partial charge is 0.573 e. The molecule has 0 aromatic heterocycles. The highest BCUT2D eigenvalue weighted by molar-refractivity contribution is 7.92. The molecule has 0 heterocycles. The lowest BCUT2D eigenvalue weighted by Gasteiger charge is -2.16. The molecule has 2 rings (SSSR count). The van der Waals surface area contributed by atoms with Crippen LogP contribution in [0.2, 0.25) is 0 Å². The number of amides is 1. The summed E-state index contributed by atoms with van der Waals surface area (Å²) in [5, 5.41) is 12.3. The number of nitrogens with one attached hydrogen (secondary N) is 2.